The second-order valence-electron chi connectivity index (χ2n) is 3.34. The van der Waals surface area contributed by atoms with Crippen LogP contribution in [-0.2, 0) is 4.74 Å². The molecule has 1 aromatic carbocycles. The number of anilines is 1. The van der Waals surface area contributed by atoms with Crippen molar-refractivity contribution in [3.8, 4) is 0 Å². The molecule has 1 fully saturated rings. The van der Waals surface area contributed by atoms with Crippen LogP contribution in [0.15, 0.2) is 18.2 Å². The van der Waals surface area contributed by atoms with Crippen molar-refractivity contribution >= 4 is 28.3 Å². The van der Waals surface area contributed by atoms with Crippen LogP contribution in [-0.4, -0.2) is 19.7 Å². The van der Waals surface area contributed by atoms with Crippen molar-refractivity contribution in [3.05, 3.63) is 27.3 Å². The molecule has 1 aliphatic heterocycles. The Hall–Kier alpha value is -0.330. The summed E-state index contributed by atoms with van der Waals surface area (Å²) in [6, 6.07) is 6.07. The molecule has 0 bridgehead atoms. The summed E-state index contributed by atoms with van der Waals surface area (Å²) in [5.41, 5.74) is 7.79. The number of ether oxygens (including phenoxy) is 1. The predicted molar refractivity (Wildman–Crippen MR) is 65.1 cm³/mol. The highest BCUT2D eigenvalue weighted by atomic mass is 127. The number of nitrogens with one attached hydrogen (secondary N) is 1. The zero-order valence-corrected chi connectivity index (χ0v) is 9.95. The van der Waals surface area contributed by atoms with Gasteiger partial charge in [0.15, 0.2) is 0 Å². The maximum absolute atomic E-state index is 5.75. The van der Waals surface area contributed by atoms with Crippen molar-refractivity contribution in [2.75, 3.05) is 25.4 Å². The second-order valence-corrected chi connectivity index (χ2v) is 4.51. The van der Waals surface area contributed by atoms with Gasteiger partial charge < -0.3 is 15.8 Å². The van der Waals surface area contributed by atoms with Crippen LogP contribution in [0.2, 0.25) is 0 Å². The van der Waals surface area contributed by atoms with E-state index in [0.717, 1.165) is 29.0 Å². The number of rotatable bonds is 1. The maximum atomic E-state index is 5.75. The van der Waals surface area contributed by atoms with Gasteiger partial charge in [-0.2, -0.15) is 0 Å². The van der Waals surface area contributed by atoms with Gasteiger partial charge in [0.1, 0.15) is 0 Å². The number of nitrogens with two attached hydrogens (primary N) is 1. The third-order valence-electron chi connectivity index (χ3n) is 2.32. The van der Waals surface area contributed by atoms with E-state index in [4.69, 9.17) is 10.5 Å². The Balaban J connectivity index is 2.18. The van der Waals surface area contributed by atoms with Gasteiger partial charge in [0.05, 0.1) is 12.7 Å². The summed E-state index contributed by atoms with van der Waals surface area (Å²) in [5.74, 6) is 0. The molecule has 3 N–H and O–H groups in total. The molecule has 0 spiro atoms. The van der Waals surface area contributed by atoms with Crippen LogP contribution in [0.3, 0.4) is 0 Å². The lowest BCUT2D eigenvalue weighted by molar-refractivity contribution is 0.0277. The first-order chi connectivity index (χ1) is 6.77. The van der Waals surface area contributed by atoms with E-state index in [0.29, 0.717) is 0 Å². The van der Waals surface area contributed by atoms with Gasteiger partial charge in [0.25, 0.3) is 0 Å². The Labute approximate surface area is 97.2 Å². The van der Waals surface area contributed by atoms with Crippen LogP contribution in [0.25, 0.3) is 0 Å². The summed E-state index contributed by atoms with van der Waals surface area (Å²) in [4.78, 5) is 0. The van der Waals surface area contributed by atoms with Crippen LogP contribution in [0, 0.1) is 3.57 Å². The molecule has 0 aromatic heterocycles. The summed E-state index contributed by atoms with van der Waals surface area (Å²) in [6.07, 6.45) is 0.179. The molecule has 1 unspecified atom stereocenters. The molecule has 4 heteroatoms. The number of benzene rings is 1. The summed E-state index contributed by atoms with van der Waals surface area (Å²) >= 11 is 2.25. The fraction of sp³-hybridized carbons (Fsp3) is 0.400. The molecule has 0 amide bonds. The molecule has 3 nitrogen and oxygen atoms in total. The molecule has 1 aromatic rings. The monoisotopic (exact) mass is 304 g/mol. The largest absolute Gasteiger partial charge is 0.398 e. The molecule has 2 rings (SSSR count). The molecule has 1 aliphatic rings. The highest BCUT2D eigenvalue weighted by Crippen LogP contribution is 2.23. The van der Waals surface area contributed by atoms with E-state index in [1.54, 1.807) is 0 Å². The number of nitrogen functional groups attached to an aromatic ring is 1. The highest BCUT2D eigenvalue weighted by Gasteiger charge is 2.15. The standard InChI is InChI=1S/C10H13IN2O/c11-8-5-7(1-2-9(8)12)10-6-13-3-4-14-10/h1-2,5,10,13H,3-4,6,12H2. The molecule has 0 aliphatic carbocycles. The van der Waals surface area contributed by atoms with Crippen LogP contribution in [0.1, 0.15) is 11.7 Å². The highest BCUT2D eigenvalue weighted by molar-refractivity contribution is 14.1. The fourth-order valence-corrected chi connectivity index (χ4v) is 2.06. The maximum Gasteiger partial charge on any atom is 0.0950 e. The summed E-state index contributed by atoms with van der Waals surface area (Å²) in [7, 11) is 0. The van der Waals surface area contributed by atoms with Crippen LogP contribution < -0.4 is 11.1 Å². The first-order valence-corrected chi connectivity index (χ1v) is 5.72. The number of morpholine rings is 1. The van der Waals surface area contributed by atoms with E-state index < -0.39 is 0 Å². The van der Waals surface area contributed by atoms with Gasteiger partial charge in [-0.25, -0.2) is 0 Å². The molecule has 0 saturated carbocycles. The van der Waals surface area contributed by atoms with Gasteiger partial charge >= 0.3 is 0 Å². The van der Waals surface area contributed by atoms with Gasteiger partial charge in [-0.1, -0.05) is 6.07 Å². The van der Waals surface area contributed by atoms with Gasteiger partial charge in [0, 0.05) is 22.3 Å². The molecule has 1 saturated heterocycles. The lowest BCUT2D eigenvalue weighted by Gasteiger charge is -2.24. The number of hydrogen-bond acceptors (Lipinski definition) is 3. The number of halogens is 1. The quantitative estimate of drug-likeness (QED) is 0.611. The fourth-order valence-electron chi connectivity index (χ4n) is 1.52. The third-order valence-corrected chi connectivity index (χ3v) is 3.26. The Bertz CT molecular complexity index is 324. The topological polar surface area (TPSA) is 47.3 Å². The van der Waals surface area contributed by atoms with Crippen LogP contribution in [0.5, 0.6) is 0 Å². The zero-order valence-electron chi connectivity index (χ0n) is 7.79. The minimum Gasteiger partial charge on any atom is -0.398 e. The smallest absolute Gasteiger partial charge is 0.0950 e. The van der Waals surface area contributed by atoms with Crippen LogP contribution >= 0.6 is 22.6 Å². The van der Waals surface area contributed by atoms with Crippen LogP contribution in [0.4, 0.5) is 5.69 Å². The Morgan fingerprint density at radius 2 is 2.36 bits per heavy atom. The molecule has 1 atom stereocenters. The number of hydrogen-bond donors (Lipinski definition) is 2. The molecule has 1 heterocycles. The van der Waals surface area contributed by atoms with E-state index in [2.05, 4.69) is 34.0 Å². The minimum absolute atomic E-state index is 0.179. The Morgan fingerprint density at radius 1 is 1.50 bits per heavy atom. The second kappa shape index (κ2) is 4.46. The molecular weight excluding hydrogens is 291 g/mol. The van der Waals surface area contributed by atoms with E-state index >= 15 is 0 Å². The van der Waals surface area contributed by atoms with Crippen molar-refractivity contribution in [2.24, 2.45) is 0 Å². The van der Waals surface area contributed by atoms with Gasteiger partial charge in [-0.3, -0.25) is 0 Å². The minimum atomic E-state index is 0.179. The summed E-state index contributed by atoms with van der Waals surface area (Å²) in [5, 5.41) is 3.31. The Kier molecular flexibility index (Phi) is 3.25. The van der Waals surface area contributed by atoms with Gasteiger partial charge in [-0.15, -0.1) is 0 Å². The van der Waals surface area contributed by atoms with Gasteiger partial charge in [0.2, 0.25) is 0 Å². The normalized spacial score (nSPS) is 22.2. The first-order valence-electron chi connectivity index (χ1n) is 4.64. The van der Waals surface area contributed by atoms with Crippen molar-refractivity contribution in [1.29, 1.82) is 0 Å². The molecule has 76 valence electrons. The summed E-state index contributed by atoms with van der Waals surface area (Å²) < 4.78 is 6.74. The van der Waals surface area contributed by atoms with Crippen molar-refractivity contribution < 1.29 is 4.74 Å². The van der Waals surface area contributed by atoms with Gasteiger partial charge in [-0.05, 0) is 40.3 Å². The van der Waals surface area contributed by atoms with E-state index in [1.807, 2.05) is 12.1 Å². The molecular formula is C10H13IN2O. The predicted octanol–water partition coefficient (Wildman–Crippen LogP) is 1.53. The average molecular weight is 304 g/mol. The van der Waals surface area contributed by atoms with E-state index in [-0.39, 0.29) is 6.10 Å². The lowest BCUT2D eigenvalue weighted by Crippen LogP contribution is -2.33. The zero-order chi connectivity index (χ0) is 9.97. The first kappa shape index (κ1) is 10.2. The van der Waals surface area contributed by atoms with Crippen molar-refractivity contribution in [3.63, 3.8) is 0 Å². The summed E-state index contributed by atoms with van der Waals surface area (Å²) in [6.45, 7) is 2.62. The van der Waals surface area contributed by atoms with E-state index in [1.165, 1.54) is 5.56 Å². The lowest BCUT2D eigenvalue weighted by atomic mass is 10.1. The SMILES string of the molecule is Nc1ccc(C2CNCCO2)cc1I. The van der Waals surface area contributed by atoms with Crippen molar-refractivity contribution in [2.45, 2.75) is 6.10 Å². The molecule has 0 radical (unpaired) electrons. The molecule has 14 heavy (non-hydrogen) atoms. The average Bonchev–Trinajstić information content (AvgIpc) is 2.23. The van der Waals surface area contributed by atoms with E-state index in [9.17, 15) is 0 Å². The third kappa shape index (κ3) is 2.18. The Morgan fingerprint density at radius 3 is 3.00 bits per heavy atom. The van der Waals surface area contributed by atoms with Crippen molar-refractivity contribution in [1.82, 2.24) is 5.32 Å².